The van der Waals surface area contributed by atoms with Gasteiger partial charge in [-0.05, 0) is 42.3 Å². The van der Waals surface area contributed by atoms with Crippen molar-refractivity contribution in [1.82, 2.24) is 14.9 Å². The average Bonchev–Trinajstić information content (AvgIpc) is 3.20. The third kappa shape index (κ3) is 5.05. The van der Waals surface area contributed by atoms with Crippen molar-refractivity contribution in [2.75, 3.05) is 20.0 Å². The number of methoxy groups -OCH3 is 2. The first-order valence-electron chi connectivity index (χ1n) is 8.92. The molecule has 0 fully saturated rings. The third-order valence-corrected chi connectivity index (χ3v) is 5.75. The summed E-state index contributed by atoms with van der Waals surface area (Å²) in [6.07, 6.45) is 3.58. The van der Waals surface area contributed by atoms with E-state index in [4.69, 9.17) is 21.1 Å². The van der Waals surface area contributed by atoms with Gasteiger partial charge >= 0.3 is 0 Å². The van der Waals surface area contributed by atoms with E-state index in [9.17, 15) is 4.79 Å². The monoisotopic (exact) mass is 431 g/mol. The highest BCUT2D eigenvalue weighted by Gasteiger charge is 2.12. The third-order valence-electron chi connectivity index (χ3n) is 4.38. The number of carbonyl (C=O) groups is 1. The fraction of sp³-hybridized carbons (Fsp3) is 0.238. The molecule has 0 aliphatic heterocycles. The lowest BCUT2D eigenvalue weighted by Crippen LogP contribution is -2.24. The molecular weight excluding hydrogens is 410 g/mol. The van der Waals surface area contributed by atoms with E-state index >= 15 is 0 Å². The first-order valence-corrected chi connectivity index (χ1v) is 10.3. The molecule has 1 aromatic heterocycles. The number of rotatable bonds is 8. The first kappa shape index (κ1) is 21.1. The lowest BCUT2D eigenvalue weighted by molar-refractivity contribution is -0.118. The van der Waals surface area contributed by atoms with E-state index in [-0.39, 0.29) is 11.7 Å². The standard InChI is InChI=1S/C21H22ClN3O3S/c1-14-16(22)5-4-6-17(14)25-10-9-23-21(25)29-13-20(26)24-12-15-7-8-18(27-2)19(11-15)28-3/h4-11H,12-13H2,1-3H3,(H,24,26). The van der Waals surface area contributed by atoms with Gasteiger partial charge in [0.15, 0.2) is 16.7 Å². The number of nitrogens with one attached hydrogen (secondary N) is 1. The summed E-state index contributed by atoms with van der Waals surface area (Å²) >= 11 is 7.60. The summed E-state index contributed by atoms with van der Waals surface area (Å²) in [5.41, 5.74) is 2.84. The predicted octanol–water partition coefficient (Wildman–Crippen LogP) is 4.26. The molecule has 6 nitrogen and oxygen atoms in total. The summed E-state index contributed by atoms with van der Waals surface area (Å²) in [6, 6.07) is 11.3. The second-order valence-electron chi connectivity index (χ2n) is 6.22. The molecule has 0 spiro atoms. The van der Waals surface area contributed by atoms with E-state index in [1.54, 1.807) is 20.4 Å². The van der Waals surface area contributed by atoms with Gasteiger partial charge in [-0.2, -0.15) is 0 Å². The Kier molecular flexibility index (Phi) is 7.06. The van der Waals surface area contributed by atoms with Crippen LogP contribution in [0.2, 0.25) is 5.02 Å². The Labute approximate surface area is 179 Å². The van der Waals surface area contributed by atoms with E-state index in [0.717, 1.165) is 22.0 Å². The number of hydrogen-bond acceptors (Lipinski definition) is 5. The molecule has 1 heterocycles. The van der Waals surface area contributed by atoms with Crippen molar-refractivity contribution in [2.45, 2.75) is 18.6 Å². The van der Waals surface area contributed by atoms with Crippen molar-refractivity contribution in [1.29, 1.82) is 0 Å². The van der Waals surface area contributed by atoms with Crippen molar-refractivity contribution in [3.8, 4) is 17.2 Å². The number of thioether (sulfide) groups is 1. The van der Waals surface area contributed by atoms with Crippen LogP contribution in [0.4, 0.5) is 0 Å². The molecule has 1 amide bonds. The highest BCUT2D eigenvalue weighted by Crippen LogP contribution is 2.28. The van der Waals surface area contributed by atoms with Crippen molar-refractivity contribution < 1.29 is 14.3 Å². The first-order chi connectivity index (χ1) is 14.0. The summed E-state index contributed by atoms with van der Waals surface area (Å²) in [5.74, 6) is 1.46. The van der Waals surface area contributed by atoms with Crippen LogP contribution in [-0.2, 0) is 11.3 Å². The maximum atomic E-state index is 12.3. The molecule has 0 radical (unpaired) electrons. The van der Waals surface area contributed by atoms with Gasteiger partial charge in [-0.15, -0.1) is 0 Å². The van der Waals surface area contributed by atoms with Crippen molar-refractivity contribution in [2.24, 2.45) is 0 Å². The van der Waals surface area contributed by atoms with E-state index in [1.807, 2.05) is 54.1 Å². The number of ether oxygens (including phenoxy) is 2. The maximum absolute atomic E-state index is 12.3. The van der Waals surface area contributed by atoms with Gasteiger partial charge in [0, 0.05) is 24.0 Å². The zero-order chi connectivity index (χ0) is 20.8. The number of imidazole rings is 1. The Hall–Kier alpha value is -2.64. The quantitative estimate of drug-likeness (QED) is 0.540. The van der Waals surface area contributed by atoms with Crippen LogP contribution in [-0.4, -0.2) is 35.4 Å². The van der Waals surface area contributed by atoms with Crippen LogP contribution in [0.25, 0.3) is 5.69 Å². The molecule has 3 aromatic rings. The van der Waals surface area contributed by atoms with Crippen LogP contribution < -0.4 is 14.8 Å². The van der Waals surface area contributed by atoms with Crippen LogP contribution in [0.3, 0.4) is 0 Å². The zero-order valence-electron chi connectivity index (χ0n) is 16.4. The normalized spacial score (nSPS) is 10.6. The zero-order valence-corrected chi connectivity index (χ0v) is 18.0. The minimum atomic E-state index is -0.0813. The van der Waals surface area contributed by atoms with Crippen LogP contribution in [0.1, 0.15) is 11.1 Å². The summed E-state index contributed by atoms with van der Waals surface area (Å²) in [5, 5.41) is 4.34. The summed E-state index contributed by atoms with van der Waals surface area (Å²) in [4.78, 5) is 16.7. The maximum Gasteiger partial charge on any atom is 0.230 e. The largest absolute Gasteiger partial charge is 0.493 e. The number of aromatic nitrogens is 2. The Bertz CT molecular complexity index is 1010. The molecule has 0 unspecified atom stereocenters. The highest BCUT2D eigenvalue weighted by atomic mass is 35.5. The molecule has 152 valence electrons. The predicted molar refractivity (Wildman–Crippen MR) is 115 cm³/mol. The molecule has 1 N–H and O–H groups in total. The Morgan fingerprint density at radius 3 is 2.76 bits per heavy atom. The van der Waals surface area contributed by atoms with E-state index in [1.165, 1.54) is 11.8 Å². The number of benzene rings is 2. The molecule has 3 rings (SSSR count). The van der Waals surface area contributed by atoms with Gasteiger partial charge in [0.25, 0.3) is 0 Å². The van der Waals surface area contributed by atoms with Gasteiger partial charge in [0.1, 0.15) is 0 Å². The Balaban J connectivity index is 1.60. The number of amides is 1. The van der Waals surface area contributed by atoms with Gasteiger partial charge in [-0.25, -0.2) is 4.98 Å². The number of hydrogen-bond donors (Lipinski definition) is 1. The molecule has 2 aromatic carbocycles. The Morgan fingerprint density at radius 1 is 1.21 bits per heavy atom. The molecule has 0 saturated heterocycles. The van der Waals surface area contributed by atoms with Gasteiger partial charge in [-0.3, -0.25) is 9.36 Å². The van der Waals surface area contributed by atoms with Crippen molar-refractivity contribution in [3.63, 3.8) is 0 Å². The van der Waals surface area contributed by atoms with Crippen molar-refractivity contribution >= 4 is 29.3 Å². The van der Waals surface area contributed by atoms with E-state index in [2.05, 4.69) is 10.3 Å². The van der Waals surface area contributed by atoms with Crippen LogP contribution in [0.5, 0.6) is 11.5 Å². The van der Waals surface area contributed by atoms with Crippen LogP contribution in [0, 0.1) is 6.92 Å². The molecule has 0 saturated carbocycles. The molecule has 0 atom stereocenters. The van der Waals surface area contributed by atoms with Gasteiger partial charge < -0.3 is 14.8 Å². The molecule has 8 heteroatoms. The minimum absolute atomic E-state index is 0.0813. The SMILES string of the molecule is COc1ccc(CNC(=O)CSc2nccn2-c2cccc(Cl)c2C)cc1OC. The van der Waals surface area contributed by atoms with Crippen LogP contribution in [0.15, 0.2) is 53.9 Å². The molecule has 0 bridgehead atoms. The minimum Gasteiger partial charge on any atom is -0.493 e. The van der Waals surface area contributed by atoms with Gasteiger partial charge in [0.05, 0.1) is 25.7 Å². The molecule has 0 aliphatic carbocycles. The smallest absolute Gasteiger partial charge is 0.230 e. The lowest BCUT2D eigenvalue weighted by atomic mass is 10.2. The summed E-state index contributed by atoms with van der Waals surface area (Å²) in [6.45, 7) is 2.36. The number of halogens is 1. The fourth-order valence-corrected chi connectivity index (χ4v) is 3.77. The lowest BCUT2D eigenvalue weighted by Gasteiger charge is -2.12. The molecule has 0 aliphatic rings. The second-order valence-corrected chi connectivity index (χ2v) is 7.57. The van der Waals surface area contributed by atoms with E-state index in [0.29, 0.717) is 23.1 Å². The molecule has 29 heavy (non-hydrogen) atoms. The fourth-order valence-electron chi connectivity index (χ4n) is 2.81. The average molecular weight is 432 g/mol. The number of nitrogens with zero attached hydrogens (tertiary/aromatic N) is 2. The highest BCUT2D eigenvalue weighted by molar-refractivity contribution is 7.99. The van der Waals surface area contributed by atoms with Crippen molar-refractivity contribution in [3.05, 3.63) is 64.9 Å². The van der Waals surface area contributed by atoms with E-state index < -0.39 is 0 Å². The van der Waals surface area contributed by atoms with Gasteiger partial charge in [-0.1, -0.05) is 35.5 Å². The van der Waals surface area contributed by atoms with Crippen LogP contribution >= 0.6 is 23.4 Å². The molecular formula is C21H22ClN3O3S. The summed E-state index contributed by atoms with van der Waals surface area (Å²) < 4.78 is 12.5. The number of carbonyl (C=O) groups excluding carboxylic acids is 1. The second kappa shape index (κ2) is 9.71. The Morgan fingerprint density at radius 2 is 2.00 bits per heavy atom. The topological polar surface area (TPSA) is 65.4 Å². The summed E-state index contributed by atoms with van der Waals surface area (Å²) in [7, 11) is 3.17. The van der Waals surface area contributed by atoms with Gasteiger partial charge in [0.2, 0.25) is 5.91 Å².